The van der Waals surface area contributed by atoms with Gasteiger partial charge in [0.1, 0.15) is 12.1 Å². The van der Waals surface area contributed by atoms with Crippen LogP contribution in [0.25, 0.3) is 11.0 Å². The van der Waals surface area contributed by atoms with E-state index in [0.717, 1.165) is 16.9 Å². The van der Waals surface area contributed by atoms with Crippen LogP contribution in [-0.4, -0.2) is 31.7 Å². The molecule has 6 heteroatoms. The number of aryl methyl sites for hydroxylation is 1. The van der Waals surface area contributed by atoms with E-state index in [1.807, 2.05) is 14.0 Å². The second kappa shape index (κ2) is 4.02. The molecule has 0 aromatic carbocycles. The van der Waals surface area contributed by atoms with Gasteiger partial charge in [-0.2, -0.15) is 5.10 Å². The quantitative estimate of drug-likeness (QED) is 0.803. The van der Waals surface area contributed by atoms with Crippen molar-refractivity contribution in [3.05, 3.63) is 12.5 Å². The highest BCUT2D eigenvalue weighted by atomic mass is 35.5. The van der Waals surface area contributed by atoms with E-state index in [1.165, 1.54) is 6.33 Å². The summed E-state index contributed by atoms with van der Waals surface area (Å²) in [7, 11) is 1.85. The predicted octanol–water partition coefficient (Wildman–Crippen LogP) is 1.40. The molecule has 0 fully saturated rings. The van der Waals surface area contributed by atoms with E-state index in [-0.39, 0.29) is 6.04 Å². The van der Waals surface area contributed by atoms with Crippen LogP contribution in [0, 0.1) is 0 Å². The SMILES string of the molecule is CC(CCl)Nc1ncnc2c1cnn2C. The van der Waals surface area contributed by atoms with Crippen molar-refractivity contribution in [2.75, 3.05) is 11.2 Å². The van der Waals surface area contributed by atoms with Crippen LogP contribution in [0.1, 0.15) is 6.92 Å². The normalized spacial score (nSPS) is 13.0. The number of hydrogen-bond donors (Lipinski definition) is 1. The first-order chi connectivity index (χ1) is 7.22. The van der Waals surface area contributed by atoms with Gasteiger partial charge in [-0.15, -0.1) is 11.6 Å². The van der Waals surface area contributed by atoms with E-state index in [0.29, 0.717) is 5.88 Å². The number of alkyl halides is 1. The van der Waals surface area contributed by atoms with Crippen LogP contribution >= 0.6 is 11.6 Å². The van der Waals surface area contributed by atoms with Crippen molar-refractivity contribution in [2.24, 2.45) is 7.05 Å². The Morgan fingerprint density at radius 3 is 3.07 bits per heavy atom. The summed E-state index contributed by atoms with van der Waals surface area (Å²) in [5, 5.41) is 8.26. The maximum Gasteiger partial charge on any atom is 0.163 e. The van der Waals surface area contributed by atoms with Gasteiger partial charge in [0, 0.05) is 19.0 Å². The lowest BCUT2D eigenvalue weighted by molar-refractivity contribution is 0.785. The first kappa shape index (κ1) is 10.2. The first-order valence-electron chi connectivity index (χ1n) is 4.67. The minimum Gasteiger partial charge on any atom is -0.366 e. The fourth-order valence-electron chi connectivity index (χ4n) is 1.35. The molecule has 2 aromatic rings. The molecule has 0 aliphatic carbocycles. The van der Waals surface area contributed by atoms with Crippen LogP contribution < -0.4 is 5.32 Å². The van der Waals surface area contributed by atoms with E-state index in [9.17, 15) is 0 Å². The predicted molar refractivity (Wildman–Crippen MR) is 60.1 cm³/mol. The molecule has 5 nitrogen and oxygen atoms in total. The zero-order valence-electron chi connectivity index (χ0n) is 8.61. The van der Waals surface area contributed by atoms with Gasteiger partial charge in [0.15, 0.2) is 5.65 Å². The van der Waals surface area contributed by atoms with Gasteiger partial charge in [0.05, 0.1) is 11.6 Å². The third-order valence-electron chi connectivity index (χ3n) is 2.14. The Morgan fingerprint density at radius 1 is 1.53 bits per heavy atom. The molecular formula is C9H12ClN5. The Labute approximate surface area is 92.5 Å². The van der Waals surface area contributed by atoms with Gasteiger partial charge in [0.2, 0.25) is 0 Å². The second-order valence-corrected chi connectivity index (χ2v) is 3.74. The molecule has 0 aliphatic heterocycles. The van der Waals surface area contributed by atoms with Crippen molar-refractivity contribution in [1.82, 2.24) is 19.7 Å². The number of hydrogen-bond acceptors (Lipinski definition) is 4. The summed E-state index contributed by atoms with van der Waals surface area (Å²) in [5.74, 6) is 1.31. The summed E-state index contributed by atoms with van der Waals surface area (Å²) in [6.45, 7) is 2.00. The number of rotatable bonds is 3. The fraction of sp³-hybridized carbons (Fsp3) is 0.444. The molecule has 0 aliphatic rings. The minimum atomic E-state index is 0.171. The number of fused-ring (bicyclic) bond motifs is 1. The monoisotopic (exact) mass is 225 g/mol. The molecule has 0 saturated carbocycles. The van der Waals surface area contributed by atoms with Crippen molar-refractivity contribution in [3.63, 3.8) is 0 Å². The van der Waals surface area contributed by atoms with Gasteiger partial charge in [-0.05, 0) is 6.92 Å². The lowest BCUT2D eigenvalue weighted by Gasteiger charge is -2.11. The first-order valence-corrected chi connectivity index (χ1v) is 5.21. The Hall–Kier alpha value is -1.36. The largest absolute Gasteiger partial charge is 0.366 e. The zero-order chi connectivity index (χ0) is 10.8. The molecule has 1 N–H and O–H groups in total. The highest BCUT2D eigenvalue weighted by Gasteiger charge is 2.09. The third-order valence-corrected chi connectivity index (χ3v) is 2.61. The van der Waals surface area contributed by atoms with E-state index >= 15 is 0 Å². The Balaban J connectivity index is 2.43. The average molecular weight is 226 g/mol. The Morgan fingerprint density at radius 2 is 2.33 bits per heavy atom. The lowest BCUT2D eigenvalue weighted by Crippen LogP contribution is -2.17. The van der Waals surface area contributed by atoms with Crippen LogP contribution in [0.5, 0.6) is 0 Å². The molecule has 0 amide bonds. The van der Waals surface area contributed by atoms with E-state index < -0.39 is 0 Å². The zero-order valence-corrected chi connectivity index (χ0v) is 9.36. The van der Waals surface area contributed by atoms with Crippen LogP contribution in [-0.2, 0) is 7.05 Å². The van der Waals surface area contributed by atoms with Crippen LogP contribution in [0.4, 0.5) is 5.82 Å². The fourth-order valence-corrected chi connectivity index (χ4v) is 1.43. The summed E-state index contributed by atoms with van der Waals surface area (Å²) in [6.07, 6.45) is 3.27. The summed E-state index contributed by atoms with van der Waals surface area (Å²) in [4.78, 5) is 8.32. The summed E-state index contributed by atoms with van der Waals surface area (Å²) >= 11 is 5.73. The molecule has 1 unspecified atom stereocenters. The molecular weight excluding hydrogens is 214 g/mol. The smallest absolute Gasteiger partial charge is 0.163 e. The van der Waals surface area contributed by atoms with Gasteiger partial charge in [-0.25, -0.2) is 9.97 Å². The molecule has 15 heavy (non-hydrogen) atoms. The topological polar surface area (TPSA) is 55.6 Å². The number of aromatic nitrogens is 4. The van der Waals surface area contributed by atoms with Gasteiger partial charge in [0.25, 0.3) is 0 Å². The van der Waals surface area contributed by atoms with Crippen molar-refractivity contribution in [1.29, 1.82) is 0 Å². The van der Waals surface area contributed by atoms with Crippen LogP contribution in [0.15, 0.2) is 12.5 Å². The van der Waals surface area contributed by atoms with Crippen molar-refractivity contribution in [3.8, 4) is 0 Å². The van der Waals surface area contributed by atoms with Crippen molar-refractivity contribution in [2.45, 2.75) is 13.0 Å². The molecule has 2 heterocycles. The second-order valence-electron chi connectivity index (χ2n) is 3.43. The maximum absolute atomic E-state index is 5.73. The summed E-state index contributed by atoms with van der Waals surface area (Å²) in [5.41, 5.74) is 0.814. The molecule has 1 atom stereocenters. The van der Waals surface area contributed by atoms with Gasteiger partial charge in [-0.1, -0.05) is 0 Å². The van der Waals surface area contributed by atoms with Crippen molar-refractivity contribution < 1.29 is 0 Å². The molecule has 0 spiro atoms. The third kappa shape index (κ3) is 1.87. The van der Waals surface area contributed by atoms with Crippen LogP contribution in [0.2, 0.25) is 0 Å². The molecule has 80 valence electrons. The number of halogens is 1. The van der Waals surface area contributed by atoms with Crippen LogP contribution in [0.3, 0.4) is 0 Å². The molecule has 2 rings (SSSR count). The lowest BCUT2D eigenvalue weighted by atomic mass is 10.3. The van der Waals surface area contributed by atoms with E-state index in [1.54, 1.807) is 10.9 Å². The molecule has 2 aromatic heterocycles. The summed E-state index contributed by atoms with van der Waals surface area (Å²) < 4.78 is 1.72. The van der Waals surface area contributed by atoms with Crippen molar-refractivity contribution >= 4 is 28.5 Å². The highest BCUT2D eigenvalue weighted by Crippen LogP contribution is 2.18. The molecule has 0 bridgehead atoms. The highest BCUT2D eigenvalue weighted by molar-refractivity contribution is 6.18. The Bertz CT molecular complexity index is 466. The Kier molecular flexibility index (Phi) is 2.73. The number of anilines is 1. The maximum atomic E-state index is 5.73. The minimum absolute atomic E-state index is 0.171. The molecule has 0 saturated heterocycles. The van der Waals surface area contributed by atoms with Gasteiger partial charge < -0.3 is 5.32 Å². The standard InChI is InChI=1S/C9H12ClN5/c1-6(3-10)14-8-7-4-13-15(2)9(7)12-5-11-8/h4-6H,3H2,1-2H3,(H,11,12,14). The number of nitrogens with zero attached hydrogens (tertiary/aromatic N) is 4. The number of nitrogens with one attached hydrogen (secondary N) is 1. The van der Waals surface area contributed by atoms with E-state index in [4.69, 9.17) is 11.6 Å². The summed E-state index contributed by atoms with van der Waals surface area (Å²) in [6, 6.07) is 0.171. The van der Waals surface area contributed by atoms with Gasteiger partial charge in [-0.3, -0.25) is 4.68 Å². The van der Waals surface area contributed by atoms with Gasteiger partial charge >= 0.3 is 0 Å². The average Bonchev–Trinajstić information content (AvgIpc) is 2.62. The van der Waals surface area contributed by atoms with E-state index in [2.05, 4.69) is 20.4 Å². The molecule has 0 radical (unpaired) electrons.